The molecule has 4 heteroatoms. The van der Waals surface area contributed by atoms with Crippen molar-refractivity contribution in [2.24, 2.45) is 0 Å². The summed E-state index contributed by atoms with van der Waals surface area (Å²) in [4.78, 5) is 26.6. The number of carbonyl (C=O) groups excluding carboxylic acids is 2. The van der Waals surface area contributed by atoms with Gasteiger partial charge in [0.2, 0.25) is 5.91 Å². The minimum atomic E-state index is -0.819. The number of carbonyl (C=O) groups is 2. The Morgan fingerprint density at radius 1 is 1.30 bits per heavy atom. The molecular formula is C16H22N2O2. The maximum atomic E-state index is 12.8. The molecule has 2 atom stereocenters. The molecule has 0 bridgehead atoms. The smallest absolute Gasteiger partial charge is 0.253 e. The predicted octanol–water partition coefficient (Wildman–Crippen LogP) is 2.32. The SMILES string of the molecule is CCC1(C)NC(=O)C(C)N(c2ccc(C)cc2C)C1=O. The molecule has 1 aliphatic heterocycles. The van der Waals surface area contributed by atoms with Gasteiger partial charge in [-0.25, -0.2) is 0 Å². The number of rotatable bonds is 2. The lowest BCUT2D eigenvalue weighted by molar-refractivity contribution is -0.137. The van der Waals surface area contributed by atoms with Crippen LogP contribution in [0.2, 0.25) is 0 Å². The molecule has 0 radical (unpaired) electrons. The summed E-state index contributed by atoms with van der Waals surface area (Å²) in [7, 11) is 0. The Balaban J connectivity index is 2.51. The lowest BCUT2D eigenvalue weighted by atomic mass is 9.91. The van der Waals surface area contributed by atoms with Gasteiger partial charge in [0.25, 0.3) is 5.91 Å². The molecule has 1 aromatic rings. The zero-order valence-electron chi connectivity index (χ0n) is 12.8. The summed E-state index contributed by atoms with van der Waals surface area (Å²) in [5.74, 6) is -0.145. The third kappa shape index (κ3) is 2.19. The van der Waals surface area contributed by atoms with Crippen molar-refractivity contribution in [1.82, 2.24) is 5.32 Å². The highest BCUT2D eigenvalue weighted by molar-refractivity contribution is 6.10. The molecule has 1 fully saturated rings. The number of amides is 2. The van der Waals surface area contributed by atoms with Crippen LogP contribution in [0.1, 0.15) is 38.3 Å². The van der Waals surface area contributed by atoms with Crippen LogP contribution in [0.25, 0.3) is 0 Å². The summed E-state index contributed by atoms with van der Waals surface area (Å²) >= 11 is 0. The third-order valence-electron chi connectivity index (χ3n) is 4.18. The van der Waals surface area contributed by atoms with E-state index in [-0.39, 0.29) is 11.8 Å². The van der Waals surface area contributed by atoms with Crippen LogP contribution in [-0.4, -0.2) is 23.4 Å². The fourth-order valence-corrected chi connectivity index (χ4v) is 2.62. The van der Waals surface area contributed by atoms with Gasteiger partial charge in [-0.3, -0.25) is 14.5 Å². The van der Waals surface area contributed by atoms with E-state index in [1.165, 1.54) is 0 Å². The zero-order chi connectivity index (χ0) is 15.1. The Kier molecular flexibility index (Phi) is 3.59. The number of benzene rings is 1. The standard InChI is InChI=1S/C16H22N2O2/c1-6-16(5)15(20)18(12(4)14(19)17-16)13-8-7-10(2)9-11(13)3/h7-9,12H,6H2,1-5H3,(H,17,19). The van der Waals surface area contributed by atoms with Crippen LogP contribution >= 0.6 is 0 Å². The van der Waals surface area contributed by atoms with E-state index >= 15 is 0 Å². The molecule has 1 aliphatic rings. The molecule has 1 heterocycles. The Morgan fingerprint density at radius 3 is 2.50 bits per heavy atom. The van der Waals surface area contributed by atoms with Crippen LogP contribution in [0.4, 0.5) is 5.69 Å². The Labute approximate surface area is 120 Å². The largest absolute Gasteiger partial charge is 0.340 e. The van der Waals surface area contributed by atoms with Crippen molar-refractivity contribution in [3.8, 4) is 0 Å². The van der Waals surface area contributed by atoms with Crippen LogP contribution < -0.4 is 10.2 Å². The number of hydrogen-bond donors (Lipinski definition) is 1. The minimum absolute atomic E-state index is 0.0425. The van der Waals surface area contributed by atoms with Crippen LogP contribution in [0, 0.1) is 13.8 Å². The normalized spacial score (nSPS) is 26.6. The maximum Gasteiger partial charge on any atom is 0.253 e. The molecule has 20 heavy (non-hydrogen) atoms. The average molecular weight is 274 g/mol. The van der Waals surface area contributed by atoms with Crippen molar-refractivity contribution >= 4 is 17.5 Å². The van der Waals surface area contributed by atoms with Crippen molar-refractivity contribution in [2.75, 3.05) is 4.90 Å². The van der Waals surface area contributed by atoms with Crippen LogP contribution in [-0.2, 0) is 9.59 Å². The van der Waals surface area contributed by atoms with E-state index in [0.717, 1.165) is 16.8 Å². The van der Waals surface area contributed by atoms with E-state index < -0.39 is 11.6 Å². The summed E-state index contributed by atoms with van der Waals surface area (Å²) in [6, 6.07) is 5.44. The summed E-state index contributed by atoms with van der Waals surface area (Å²) in [5.41, 5.74) is 2.16. The van der Waals surface area contributed by atoms with Gasteiger partial charge in [0.05, 0.1) is 0 Å². The molecule has 108 valence electrons. The molecule has 0 aliphatic carbocycles. The number of anilines is 1. The number of nitrogens with one attached hydrogen (secondary N) is 1. The first kappa shape index (κ1) is 14.6. The molecule has 1 saturated heterocycles. The molecule has 0 saturated carbocycles. The summed E-state index contributed by atoms with van der Waals surface area (Å²) in [5, 5.41) is 2.84. The Morgan fingerprint density at radius 2 is 1.95 bits per heavy atom. The minimum Gasteiger partial charge on any atom is -0.340 e. The summed E-state index contributed by atoms with van der Waals surface area (Å²) in [6.07, 6.45) is 0.575. The van der Waals surface area contributed by atoms with E-state index in [9.17, 15) is 9.59 Å². The summed E-state index contributed by atoms with van der Waals surface area (Å²) in [6.45, 7) is 9.45. The van der Waals surface area contributed by atoms with E-state index in [0.29, 0.717) is 6.42 Å². The van der Waals surface area contributed by atoms with Gasteiger partial charge in [-0.2, -0.15) is 0 Å². The van der Waals surface area contributed by atoms with Crippen LogP contribution in [0.5, 0.6) is 0 Å². The first-order valence-electron chi connectivity index (χ1n) is 7.03. The monoisotopic (exact) mass is 274 g/mol. The van der Waals surface area contributed by atoms with Crippen molar-refractivity contribution in [1.29, 1.82) is 0 Å². The van der Waals surface area contributed by atoms with Gasteiger partial charge in [0.15, 0.2) is 0 Å². The van der Waals surface area contributed by atoms with E-state index in [1.54, 1.807) is 18.7 Å². The molecule has 0 aromatic heterocycles. The molecule has 2 unspecified atom stereocenters. The van der Waals surface area contributed by atoms with Gasteiger partial charge < -0.3 is 5.32 Å². The third-order valence-corrected chi connectivity index (χ3v) is 4.18. The average Bonchev–Trinajstić information content (AvgIpc) is 2.39. The molecule has 2 amide bonds. The quantitative estimate of drug-likeness (QED) is 0.899. The van der Waals surface area contributed by atoms with Gasteiger partial charge in [-0.05, 0) is 45.7 Å². The second kappa shape index (κ2) is 4.93. The Hall–Kier alpha value is -1.84. The topological polar surface area (TPSA) is 49.4 Å². The van der Waals surface area contributed by atoms with Crippen molar-refractivity contribution in [3.63, 3.8) is 0 Å². The fourth-order valence-electron chi connectivity index (χ4n) is 2.62. The van der Waals surface area contributed by atoms with Gasteiger partial charge in [-0.1, -0.05) is 24.6 Å². The van der Waals surface area contributed by atoms with Crippen molar-refractivity contribution in [2.45, 2.75) is 52.6 Å². The highest BCUT2D eigenvalue weighted by atomic mass is 16.2. The number of aryl methyl sites for hydroxylation is 2. The molecule has 1 aromatic carbocycles. The van der Waals surface area contributed by atoms with E-state index in [4.69, 9.17) is 0 Å². The molecular weight excluding hydrogens is 252 g/mol. The molecule has 2 rings (SSSR count). The van der Waals surface area contributed by atoms with E-state index in [1.807, 2.05) is 39.0 Å². The van der Waals surface area contributed by atoms with Crippen molar-refractivity contribution in [3.05, 3.63) is 29.3 Å². The zero-order valence-corrected chi connectivity index (χ0v) is 12.8. The van der Waals surface area contributed by atoms with Gasteiger partial charge in [-0.15, -0.1) is 0 Å². The van der Waals surface area contributed by atoms with Gasteiger partial charge in [0.1, 0.15) is 11.6 Å². The highest BCUT2D eigenvalue weighted by Crippen LogP contribution is 2.30. The number of hydrogen-bond acceptors (Lipinski definition) is 2. The lowest BCUT2D eigenvalue weighted by Gasteiger charge is -2.43. The maximum absolute atomic E-state index is 12.8. The number of piperazine rings is 1. The fraction of sp³-hybridized carbons (Fsp3) is 0.500. The first-order valence-corrected chi connectivity index (χ1v) is 7.03. The van der Waals surface area contributed by atoms with E-state index in [2.05, 4.69) is 5.32 Å². The van der Waals surface area contributed by atoms with Gasteiger partial charge in [0, 0.05) is 5.69 Å². The Bertz CT molecular complexity index is 568. The molecule has 1 N–H and O–H groups in total. The van der Waals surface area contributed by atoms with Gasteiger partial charge >= 0.3 is 0 Å². The first-order chi connectivity index (χ1) is 9.30. The molecule has 0 spiro atoms. The molecule has 4 nitrogen and oxygen atoms in total. The second-order valence-corrected chi connectivity index (χ2v) is 5.82. The van der Waals surface area contributed by atoms with Crippen LogP contribution in [0.15, 0.2) is 18.2 Å². The van der Waals surface area contributed by atoms with Crippen molar-refractivity contribution < 1.29 is 9.59 Å². The van der Waals surface area contributed by atoms with Crippen LogP contribution in [0.3, 0.4) is 0 Å². The lowest BCUT2D eigenvalue weighted by Crippen LogP contribution is -2.68. The summed E-state index contributed by atoms with van der Waals surface area (Å²) < 4.78 is 0. The highest BCUT2D eigenvalue weighted by Gasteiger charge is 2.46. The predicted molar refractivity (Wildman–Crippen MR) is 79.7 cm³/mol. The number of nitrogens with zero attached hydrogens (tertiary/aromatic N) is 1. The second-order valence-electron chi connectivity index (χ2n) is 5.82.